The van der Waals surface area contributed by atoms with Crippen LogP contribution in [0.15, 0.2) is 53.9 Å². The summed E-state index contributed by atoms with van der Waals surface area (Å²) < 4.78 is 0. The lowest BCUT2D eigenvalue weighted by Gasteiger charge is -2.07. The Kier molecular flexibility index (Phi) is 5.11. The van der Waals surface area contributed by atoms with E-state index in [4.69, 9.17) is 0 Å². The Hall–Kier alpha value is -2.40. The predicted octanol–water partition coefficient (Wildman–Crippen LogP) is 3.99. The molecule has 3 aromatic rings. The van der Waals surface area contributed by atoms with Crippen molar-refractivity contribution < 1.29 is 4.79 Å². The third kappa shape index (κ3) is 4.32. The molecule has 5 heteroatoms. The van der Waals surface area contributed by atoms with Crippen LogP contribution in [0, 0.1) is 13.8 Å². The van der Waals surface area contributed by atoms with Crippen molar-refractivity contribution in [3.05, 3.63) is 65.5 Å². The molecule has 1 N–H and O–H groups in total. The first-order valence-electron chi connectivity index (χ1n) is 7.77. The van der Waals surface area contributed by atoms with Gasteiger partial charge < -0.3 is 0 Å². The minimum absolute atomic E-state index is 0.176. The minimum atomic E-state index is 0.176. The number of nitrogens with one attached hydrogen (secondary N) is 1. The molecule has 0 aliphatic heterocycles. The van der Waals surface area contributed by atoms with Crippen molar-refractivity contribution in [1.29, 1.82) is 0 Å². The summed E-state index contributed by atoms with van der Waals surface area (Å²) in [6.07, 6.45) is 1.88. The van der Waals surface area contributed by atoms with Gasteiger partial charge >= 0.3 is 0 Å². The van der Waals surface area contributed by atoms with E-state index < -0.39 is 0 Å². The highest BCUT2D eigenvalue weighted by molar-refractivity contribution is 7.99. The Labute approximate surface area is 145 Å². The molecule has 0 unspecified atom stereocenters. The van der Waals surface area contributed by atoms with Gasteiger partial charge in [-0.1, -0.05) is 65.4 Å². The number of benzene rings is 2. The van der Waals surface area contributed by atoms with Gasteiger partial charge in [0.15, 0.2) is 5.16 Å². The number of nitrogens with zero attached hydrogens (tertiary/aromatic N) is 2. The number of carbonyl (C=O) groups excluding carboxylic acids is 1. The number of aromatic nitrogens is 3. The number of thioether (sulfide) groups is 1. The molecular formula is C19H19N3OS. The van der Waals surface area contributed by atoms with Gasteiger partial charge in [0.1, 0.15) is 12.1 Å². The van der Waals surface area contributed by atoms with Crippen molar-refractivity contribution in [1.82, 2.24) is 15.2 Å². The summed E-state index contributed by atoms with van der Waals surface area (Å²) in [5, 5.41) is 7.18. The lowest BCUT2D eigenvalue weighted by Crippen LogP contribution is -2.05. The molecule has 0 fully saturated rings. The lowest BCUT2D eigenvalue weighted by molar-refractivity contribution is -0.116. The quantitative estimate of drug-likeness (QED) is 0.691. The van der Waals surface area contributed by atoms with Gasteiger partial charge in [-0.2, -0.15) is 5.10 Å². The zero-order valence-electron chi connectivity index (χ0n) is 13.7. The highest BCUT2D eigenvalue weighted by Crippen LogP contribution is 2.23. The van der Waals surface area contributed by atoms with Crippen LogP contribution in [-0.2, 0) is 11.2 Å². The van der Waals surface area contributed by atoms with Crippen molar-refractivity contribution >= 4 is 17.5 Å². The molecule has 3 rings (SSSR count). The smallest absolute Gasteiger partial charge is 0.183 e. The highest BCUT2D eigenvalue weighted by Gasteiger charge is 2.07. The van der Waals surface area contributed by atoms with E-state index in [9.17, 15) is 4.79 Å². The molecule has 0 spiro atoms. The van der Waals surface area contributed by atoms with E-state index in [-0.39, 0.29) is 5.78 Å². The fourth-order valence-electron chi connectivity index (χ4n) is 2.65. The second-order valence-corrected chi connectivity index (χ2v) is 6.83. The van der Waals surface area contributed by atoms with Gasteiger partial charge in [-0.3, -0.25) is 9.89 Å². The van der Waals surface area contributed by atoms with Crippen LogP contribution < -0.4 is 0 Å². The normalized spacial score (nSPS) is 10.8. The van der Waals surface area contributed by atoms with Crippen LogP contribution >= 0.6 is 11.8 Å². The van der Waals surface area contributed by atoms with Crippen molar-refractivity contribution in [2.75, 3.05) is 5.75 Å². The first-order valence-corrected chi connectivity index (χ1v) is 8.76. The highest BCUT2D eigenvalue weighted by atomic mass is 32.2. The monoisotopic (exact) mass is 337 g/mol. The third-order valence-electron chi connectivity index (χ3n) is 3.67. The van der Waals surface area contributed by atoms with Gasteiger partial charge in [-0.25, -0.2) is 4.98 Å². The molecule has 1 aromatic heterocycles. The standard InChI is InChI=1S/C19H19N3OS/c1-13-7-14(2)9-17(8-13)16-5-3-15(4-6-16)10-18(23)11-24-19-20-12-21-22-19/h3-9,12H,10-11H2,1-2H3,(H,20,21,22). The van der Waals surface area contributed by atoms with Gasteiger partial charge in [0.05, 0.1) is 5.75 Å². The second kappa shape index (κ2) is 7.45. The van der Waals surface area contributed by atoms with E-state index in [0.29, 0.717) is 17.3 Å². The fraction of sp³-hybridized carbons (Fsp3) is 0.211. The number of aryl methyl sites for hydroxylation is 2. The summed E-state index contributed by atoms with van der Waals surface area (Å²) >= 11 is 1.38. The zero-order chi connectivity index (χ0) is 16.9. The van der Waals surface area contributed by atoms with E-state index in [2.05, 4.69) is 59.4 Å². The number of Topliss-reactive ketones (excluding diaryl/α,β-unsaturated/α-hetero) is 1. The van der Waals surface area contributed by atoms with Crippen molar-refractivity contribution in [2.45, 2.75) is 25.4 Å². The van der Waals surface area contributed by atoms with Gasteiger partial charge in [-0.15, -0.1) is 0 Å². The number of carbonyl (C=O) groups is 1. The van der Waals surface area contributed by atoms with Gasteiger partial charge in [0.2, 0.25) is 0 Å². The average molecular weight is 337 g/mol. The number of aromatic amines is 1. The van der Waals surface area contributed by atoms with Crippen LogP contribution in [0.3, 0.4) is 0 Å². The number of hydrogen-bond acceptors (Lipinski definition) is 4. The second-order valence-electron chi connectivity index (χ2n) is 5.87. The van der Waals surface area contributed by atoms with Gasteiger partial charge in [0, 0.05) is 6.42 Å². The van der Waals surface area contributed by atoms with Crippen molar-refractivity contribution in [3.63, 3.8) is 0 Å². The maximum atomic E-state index is 12.1. The van der Waals surface area contributed by atoms with E-state index in [1.807, 2.05) is 12.1 Å². The molecular weight excluding hydrogens is 318 g/mol. The van der Waals surface area contributed by atoms with E-state index in [1.165, 1.54) is 40.3 Å². The summed E-state index contributed by atoms with van der Waals surface area (Å²) in [7, 11) is 0. The van der Waals surface area contributed by atoms with Crippen molar-refractivity contribution in [2.24, 2.45) is 0 Å². The molecule has 24 heavy (non-hydrogen) atoms. The molecule has 0 saturated carbocycles. The van der Waals surface area contributed by atoms with Crippen molar-refractivity contribution in [3.8, 4) is 11.1 Å². The molecule has 0 aliphatic carbocycles. The minimum Gasteiger partial charge on any atom is -0.298 e. The average Bonchev–Trinajstić information content (AvgIpc) is 3.06. The number of rotatable bonds is 6. The van der Waals surface area contributed by atoms with Gasteiger partial charge in [0.25, 0.3) is 0 Å². The predicted molar refractivity (Wildman–Crippen MR) is 97.2 cm³/mol. The summed E-state index contributed by atoms with van der Waals surface area (Å²) in [6, 6.07) is 14.8. The molecule has 0 radical (unpaired) electrons. The topological polar surface area (TPSA) is 58.6 Å². The molecule has 0 saturated heterocycles. The largest absolute Gasteiger partial charge is 0.298 e. The number of H-pyrrole nitrogens is 1. The Morgan fingerprint density at radius 3 is 2.38 bits per heavy atom. The lowest BCUT2D eigenvalue weighted by atomic mass is 9.99. The third-order valence-corrected chi connectivity index (χ3v) is 4.61. The molecule has 122 valence electrons. The van der Waals surface area contributed by atoms with Crippen LogP contribution in [0.25, 0.3) is 11.1 Å². The molecule has 1 heterocycles. The van der Waals surface area contributed by atoms with E-state index in [1.54, 1.807) is 0 Å². The number of hydrogen-bond donors (Lipinski definition) is 1. The summed E-state index contributed by atoms with van der Waals surface area (Å²) in [4.78, 5) is 16.1. The Morgan fingerprint density at radius 2 is 1.75 bits per heavy atom. The summed E-state index contributed by atoms with van der Waals surface area (Å²) in [5.74, 6) is 0.573. The zero-order valence-corrected chi connectivity index (χ0v) is 14.6. The molecule has 0 aliphatic rings. The van der Waals surface area contributed by atoms with Crippen LogP contribution in [0.4, 0.5) is 0 Å². The number of ketones is 1. The van der Waals surface area contributed by atoms with Crippen LogP contribution in [-0.4, -0.2) is 26.7 Å². The fourth-order valence-corrected chi connectivity index (χ4v) is 3.29. The van der Waals surface area contributed by atoms with E-state index in [0.717, 1.165) is 5.56 Å². The van der Waals surface area contributed by atoms with Gasteiger partial charge in [-0.05, 0) is 30.5 Å². The summed E-state index contributed by atoms with van der Waals surface area (Å²) in [6.45, 7) is 4.21. The van der Waals surface area contributed by atoms with Crippen LogP contribution in [0.2, 0.25) is 0 Å². The first kappa shape index (κ1) is 16.5. The SMILES string of the molecule is Cc1cc(C)cc(-c2ccc(CC(=O)CSc3ncn[nH]3)cc2)c1. The maximum absolute atomic E-state index is 12.1. The maximum Gasteiger partial charge on any atom is 0.183 e. The molecule has 0 amide bonds. The molecule has 2 aromatic carbocycles. The Morgan fingerprint density at radius 1 is 1.04 bits per heavy atom. The van der Waals surface area contributed by atoms with E-state index >= 15 is 0 Å². The molecule has 4 nitrogen and oxygen atoms in total. The summed E-state index contributed by atoms with van der Waals surface area (Å²) in [5.41, 5.74) is 5.94. The first-order chi connectivity index (χ1) is 11.6. The van der Waals surface area contributed by atoms with Crippen LogP contribution in [0.1, 0.15) is 16.7 Å². The Bertz CT molecular complexity index is 806. The Balaban J connectivity index is 1.62. The van der Waals surface area contributed by atoms with Crippen LogP contribution in [0.5, 0.6) is 0 Å². The molecule has 0 atom stereocenters. The molecule has 0 bridgehead atoms.